The third-order valence-electron chi connectivity index (χ3n) is 5.06. The zero-order valence-electron chi connectivity index (χ0n) is 17.4. The van der Waals surface area contributed by atoms with Gasteiger partial charge in [-0.05, 0) is 48.9 Å². The van der Waals surface area contributed by atoms with Gasteiger partial charge in [0, 0.05) is 16.1 Å². The third-order valence-corrected chi connectivity index (χ3v) is 5.32. The molecule has 158 valence electrons. The number of hydrogen-bond acceptors (Lipinski definition) is 5. The summed E-state index contributed by atoms with van der Waals surface area (Å²) in [5.74, 6) is 2.31. The first kappa shape index (κ1) is 20.8. The van der Waals surface area contributed by atoms with Crippen LogP contribution >= 0.6 is 11.6 Å². The zero-order valence-corrected chi connectivity index (χ0v) is 18.2. The maximum atomic E-state index is 12.9. The number of fused-ring (bicyclic) bond motifs is 1. The molecule has 1 heterocycles. The van der Waals surface area contributed by atoms with Crippen LogP contribution in [0, 0.1) is 6.92 Å². The molecule has 4 rings (SSSR count). The SMILES string of the molecule is COc1cccc(/C=C2\Oc3c(ccc(OCc4ccc(Cl)cc4)c3C)C2=O)c1OC. The zero-order chi connectivity index (χ0) is 22.0. The molecule has 1 aliphatic rings. The van der Waals surface area contributed by atoms with Crippen LogP contribution in [0.4, 0.5) is 0 Å². The standard InChI is InChI=1S/C25H21ClO5/c1-15-20(30-14-16-7-9-18(26)10-8-16)12-11-19-23(27)22(31-24(15)19)13-17-5-4-6-21(28-2)25(17)29-3/h4-13H,14H2,1-3H3/b22-13-. The quantitative estimate of drug-likeness (QED) is 0.453. The molecule has 5 nitrogen and oxygen atoms in total. The van der Waals surface area contributed by atoms with Crippen LogP contribution in [0.1, 0.15) is 27.0 Å². The van der Waals surface area contributed by atoms with Gasteiger partial charge in [0.05, 0.1) is 19.8 Å². The van der Waals surface area contributed by atoms with Gasteiger partial charge in [-0.15, -0.1) is 0 Å². The molecule has 0 N–H and O–H groups in total. The van der Waals surface area contributed by atoms with Crippen LogP contribution < -0.4 is 18.9 Å². The molecular formula is C25H21ClO5. The predicted octanol–water partition coefficient (Wildman–Crippen LogP) is 5.86. The molecule has 0 amide bonds. The van der Waals surface area contributed by atoms with Gasteiger partial charge in [0.2, 0.25) is 5.78 Å². The topological polar surface area (TPSA) is 54.0 Å². The average Bonchev–Trinajstić information content (AvgIpc) is 3.10. The minimum atomic E-state index is -0.188. The maximum Gasteiger partial charge on any atom is 0.231 e. The summed E-state index contributed by atoms with van der Waals surface area (Å²) in [7, 11) is 3.12. The lowest BCUT2D eigenvalue weighted by molar-refractivity contribution is 0.101. The van der Waals surface area contributed by atoms with Crippen LogP contribution in [0.25, 0.3) is 6.08 Å². The molecule has 0 radical (unpaired) electrons. The Labute approximate surface area is 185 Å². The second-order valence-corrected chi connectivity index (χ2v) is 7.44. The van der Waals surface area contributed by atoms with Gasteiger partial charge in [0.25, 0.3) is 0 Å². The Balaban J connectivity index is 1.60. The molecule has 0 unspecified atom stereocenters. The van der Waals surface area contributed by atoms with Crippen LogP contribution in [0.3, 0.4) is 0 Å². The molecule has 31 heavy (non-hydrogen) atoms. The van der Waals surface area contributed by atoms with Crippen LogP contribution in [0.2, 0.25) is 5.02 Å². The van der Waals surface area contributed by atoms with Crippen molar-refractivity contribution in [3.63, 3.8) is 0 Å². The summed E-state index contributed by atoms with van der Waals surface area (Å²) in [4.78, 5) is 12.9. The summed E-state index contributed by atoms with van der Waals surface area (Å²) in [6.45, 7) is 2.26. The summed E-state index contributed by atoms with van der Waals surface area (Å²) >= 11 is 5.93. The van der Waals surface area contributed by atoms with Crippen molar-refractivity contribution in [3.05, 3.63) is 87.6 Å². The normalized spacial score (nSPS) is 13.7. The maximum absolute atomic E-state index is 12.9. The van der Waals surface area contributed by atoms with Crippen molar-refractivity contribution in [1.82, 2.24) is 0 Å². The fourth-order valence-corrected chi connectivity index (χ4v) is 3.56. The van der Waals surface area contributed by atoms with Crippen LogP contribution in [0.5, 0.6) is 23.0 Å². The van der Waals surface area contributed by atoms with E-state index in [1.807, 2.05) is 43.3 Å². The predicted molar refractivity (Wildman–Crippen MR) is 119 cm³/mol. The van der Waals surface area contributed by atoms with Gasteiger partial charge < -0.3 is 18.9 Å². The number of Topliss-reactive ketones (excluding diaryl/α,β-unsaturated/α-hetero) is 1. The van der Waals surface area contributed by atoms with E-state index in [0.29, 0.717) is 45.8 Å². The molecule has 1 aliphatic heterocycles. The Kier molecular flexibility index (Phi) is 5.87. The van der Waals surface area contributed by atoms with Gasteiger partial charge in [0.15, 0.2) is 17.3 Å². The Morgan fingerprint density at radius 3 is 2.45 bits per heavy atom. The summed E-state index contributed by atoms with van der Waals surface area (Å²) in [5, 5.41) is 0.677. The molecule has 0 aliphatic carbocycles. The number of methoxy groups -OCH3 is 2. The van der Waals surface area contributed by atoms with Gasteiger partial charge in [-0.1, -0.05) is 35.9 Å². The average molecular weight is 437 g/mol. The number of rotatable bonds is 6. The van der Waals surface area contributed by atoms with Crippen LogP contribution in [0.15, 0.2) is 60.4 Å². The van der Waals surface area contributed by atoms with Gasteiger partial charge in [-0.25, -0.2) is 0 Å². The monoisotopic (exact) mass is 436 g/mol. The number of halogens is 1. The van der Waals surface area contributed by atoms with Crippen molar-refractivity contribution in [3.8, 4) is 23.0 Å². The highest BCUT2D eigenvalue weighted by molar-refractivity contribution is 6.30. The summed E-state index contributed by atoms with van der Waals surface area (Å²) in [6.07, 6.45) is 1.66. The summed E-state index contributed by atoms with van der Waals surface area (Å²) < 4.78 is 22.7. The van der Waals surface area contributed by atoms with Crippen molar-refractivity contribution in [2.24, 2.45) is 0 Å². The van der Waals surface area contributed by atoms with E-state index >= 15 is 0 Å². The summed E-state index contributed by atoms with van der Waals surface area (Å²) in [5.41, 5.74) is 2.95. The lowest BCUT2D eigenvalue weighted by Gasteiger charge is -2.12. The first-order valence-corrected chi connectivity index (χ1v) is 10.1. The molecule has 0 saturated carbocycles. The Morgan fingerprint density at radius 1 is 0.968 bits per heavy atom. The van der Waals surface area contributed by atoms with Gasteiger partial charge >= 0.3 is 0 Å². The van der Waals surface area contributed by atoms with E-state index < -0.39 is 0 Å². The van der Waals surface area contributed by atoms with E-state index in [4.69, 9.17) is 30.5 Å². The Morgan fingerprint density at radius 2 is 1.74 bits per heavy atom. The van der Waals surface area contributed by atoms with Crippen molar-refractivity contribution in [2.75, 3.05) is 14.2 Å². The molecule has 0 saturated heterocycles. The number of carbonyl (C=O) groups excluding carboxylic acids is 1. The van der Waals surface area contributed by atoms with E-state index in [2.05, 4.69) is 0 Å². The molecular weight excluding hydrogens is 416 g/mol. The van der Waals surface area contributed by atoms with Crippen molar-refractivity contribution in [1.29, 1.82) is 0 Å². The minimum absolute atomic E-state index is 0.188. The number of allylic oxidation sites excluding steroid dienone is 1. The highest BCUT2D eigenvalue weighted by Gasteiger charge is 2.30. The second-order valence-electron chi connectivity index (χ2n) is 7.00. The number of benzene rings is 3. The molecule has 0 spiro atoms. The minimum Gasteiger partial charge on any atom is -0.493 e. The Bertz CT molecular complexity index is 1170. The second kappa shape index (κ2) is 8.74. The fraction of sp³-hybridized carbons (Fsp3) is 0.160. The van der Waals surface area contributed by atoms with E-state index in [1.54, 1.807) is 38.5 Å². The number of hydrogen-bond donors (Lipinski definition) is 0. The van der Waals surface area contributed by atoms with E-state index in [9.17, 15) is 4.79 Å². The number of ether oxygens (including phenoxy) is 4. The number of carbonyl (C=O) groups is 1. The van der Waals surface area contributed by atoms with Crippen LogP contribution in [-0.4, -0.2) is 20.0 Å². The van der Waals surface area contributed by atoms with Gasteiger partial charge in [-0.3, -0.25) is 4.79 Å². The molecule has 0 atom stereocenters. The molecule has 0 fully saturated rings. The van der Waals surface area contributed by atoms with E-state index in [1.165, 1.54) is 0 Å². The fourth-order valence-electron chi connectivity index (χ4n) is 3.43. The number of para-hydroxylation sites is 1. The largest absolute Gasteiger partial charge is 0.493 e. The molecule has 3 aromatic rings. The van der Waals surface area contributed by atoms with Gasteiger partial charge in [-0.2, -0.15) is 0 Å². The Hall–Kier alpha value is -3.44. The third kappa shape index (κ3) is 4.09. The van der Waals surface area contributed by atoms with Gasteiger partial charge in [0.1, 0.15) is 18.1 Å². The molecule has 6 heteroatoms. The lowest BCUT2D eigenvalue weighted by Crippen LogP contribution is -1.99. The van der Waals surface area contributed by atoms with E-state index in [-0.39, 0.29) is 11.5 Å². The molecule has 0 bridgehead atoms. The smallest absolute Gasteiger partial charge is 0.231 e. The highest BCUT2D eigenvalue weighted by Crippen LogP contribution is 2.40. The van der Waals surface area contributed by atoms with E-state index in [0.717, 1.165) is 11.1 Å². The van der Waals surface area contributed by atoms with Crippen LogP contribution in [-0.2, 0) is 6.61 Å². The highest BCUT2D eigenvalue weighted by atomic mass is 35.5. The van der Waals surface area contributed by atoms with Crippen molar-refractivity contribution >= 4 is 23.5 Å². The number of ketones is 1. The first-order chi connectivity index (χ1) is 15.0. The molecule has 0 aromatic heterocycles. The van der Waals surface area contributed by atoms with Crippen molar-refractivity contribution in [2.45, 2.75) is 13.5 Å². The summed E-state index contributed by atoms with van der Waals surface area (Å²) in [6, 6.07) is 16.4. The first-order valence-electron chi connectivity index (χ1n) is 9.68. The van der Waals surface area contributed by atoms with Crippen molar-refractivity contribution < 1.29 is 23.7 Å². The molecule has 3 aromatic carbocycles. The lowest BCUT2D eigenvalue weighted by atomic mass is 10.1.